The highest BCUT2D eigenvalue weighted by molar-refractivity contribution is 7.80. The van der Waals surface area contributed by atoms with Crippen LogP contribution < -0.4 is 0 Å². The van der Waals surface area contributed by atoms with Gasteiger partial charge in [-0.15, -0.1) is 0 Å². The summed E-state index contributed by atoms with van der Waals surface area (Å²) < 4.78 is 59.0. The van der Waals surface area contributed by atoms with Gasteiger partial charge in [0.15, 0.2) is 6.29 Å². The molecule has 1 saturated heterocycles. The molecule has 55 heavy (non-hydrogen) atoms. The zero-order valence-corrected chi connectivity index (χ0v) is 35.3. The molecule has 1 aliphatic heterocycles. The number of aliphatic hydroxyl groups excluding tert-OH is 3. The number of rotatable bonds is 38. The molecule has 0 saturated carbocycles. The van der Waals surface area contributed by atoms with Crippen LogP contribution in [-0.2, 0) is 38.3 Å². The lowest BCUT2D eigenvalue weighted by Gasteiger charge is -2.41. The molecular formula is C42H80O12S. The summed E-state index contributed by atoms with van der Waals surface area (Å²) in [6.07, 6.45) is 26.7. The van der Waals surface area contributed by atoms with Crippen molar-refractivity contribution < 1.29 is 56.2 Å². The van der Waals surface area contributed by atoms with Gasteiger partial charge in [0, 0.05) is 13.0 Å². The molecule has 0 aliphatic carbocycles. The van der Waals surface area contributed by atoms with Gasteiger partial charge in [-0.2, -0.15) is 8.42 Å². The standard InChI is InChI=1S/C42H80O12S/c1-3-5-7-9-11-13-15-17-19-21-23-25-27-29-31-38(44)52-36(34-50-32-30-28-26-24-22-20-18-16-14-12-10-8-6-4-2)35-51-42-40(46)41(54-55(47,48)49)39(45)37(33-43)53-42/h14,16,36-37,39-43,45-46H,3-13,15,17-35H2,1-2H3,(H,47,48,49)/b16-14-. The Labute approximate surface area is 334 Å². The quantitative estimate of drug-likeness (QED) is 0.0202. The molecule has 1 heterocycles. The van der Waals surface area contributed by atoms with E-state index in [-0.39, 0.29) is 19.6 Å². The monoisotopic (exact) mass is 809 g/mol. The lowest BCUT2D eigenvalue weighted by molar-refractivity contribution is -0.301. The maximum Gasteiger partial charge on any atom is 0.397 e. The Morgan fingerprint density at radius 1 is 0.673 bits per heavy atom. The van der Waals surface area contributed by atoms with Crippen LogP contribution in [0.3, 0.4) is 0 Å². The normalized spacial score (nSPS) is 21.0. The second-order valence-electron chi connectivity index (χ2n) is 15.3. The number of carbonyl (C=O) groups excluding carboxylic acids is 1. The van der Waals surface area contributed by atoms with Crippen LogP contribution in [0.2, 0.25) is 0 Å². The van der Waals surface area contributed by atoms with Crippen LogP contribution in [0, 0.1) is 0 Å². The van der Waals surface area contributed by atoms with Crippen molar-refractivity contribution in [2.45, 2.75) is 224 Å². The average Bonchev–Trinajstić information content (AvgIpc) is 3.15. The van der Waals surface area contributed by atoms with E-state index in [2.05, 4.69) is 30.2 Å². The van der Waals surface area contributed by atoms with E-state index >= 15 is 0 Å². The van der Waals surface area contributed by atoms with Crippen LogP contribution in [-0.4, -0.2) is 97.5 Å². The van der Waals surface area contributed by atoms with E-state index in [1.54, 1.807) is 0 Å². The Morgan fingerprint density at radius 2 is 1.15 bits per heavy atom. The number of hydrogen-bond acceptors (Lipinski definition) is 11. The van der Waals surface area contributed by atoms with Crippen molar-refractivity contribution in [2.24, 2.45) is 0 Å². The van der Waals surface area contributed by atoms with Crippen LogP contribution in [0.4, 0.5) is 0 Å². The van der Waals surface area contributed by atoms with Crippen molar-refractivity contribution in [3.63, 3.8) is 0 Å². The summed E-state index contributed by atoms with van der Waals surface area (Å²) in [5, 5.41) is 30.6. The number of esters is 1. The van der Waals surface area contributed by atoms with Gasteiger partial charge in [0.2, 0.25) is 0 Å². The summed E-state index contributed by atoms with van der Waals surface area (Å²) in [6, 6.07) is 0. The summed E-state index contributed by atoms with van der Waals surface area (Å²) in [4.78, 5) is 12.8. The Kier molecular flexibility index (Phi) is 32.9. The molecule has 12 nitrogen and oxygen atoms in total. The van der Waals surface area contributed by atoms with Gasteiger partial charge in [0.25, 0.3) is 0 Å². The number of unbranched alkanes of at least 4 members (excludes halogenated alkanes) is 23. The van der Waals surface area contributed by atoms with E-state index in [1.807, 2.05) is 0 Å². The van der Waals surface area contributed by atoms with Crippen LogP contribution >= 0.6 is 0 Å². The SMILES string of the molecule is CCCCCC/C=C\CCCCCCCCOCC(COC1OC(CO)C(O)C(OS(=O)(=O)O)C1O)OC(=O)CCCCCCCCCCCCCCCC. The highest BCUT2D eigenvalue weighted by Crippen LogP contribution is 2.26. The van der Waals surface area contributed by atoms with Crippen LogP contribution in [0.1, 0.15) is 187 Å². The topological polar surface area (TPSA) is 178 Å². The third-order valence-corrected chi connectivity index (χ3v) is 10.6. The van der Waals surface area contributed by atoms with Gasteiger partial charge in [0.1, 0.15) is 30.5 Å². The Morgan fingerprint density at radius 3 is 1.65 bits per heavy atom. The average molecular weight is 809 g/mol. The highest BCUT2D eigenvalue weighted by Gasteiger charge is 2.48. The molecule has 0 radical (unpaired) electrons. The van der Waals surface area contributed by atoms with Crippen molar-refractivity contribution >= 4 is 16.4 Å². The van der Waals surface area contributed by atoms with Crippen molar-refractivity contribution in [1.82, 2.24) is 0 Å². The van der Waals surface area contributed by atoms with Crippen LogP contribution in [0.15, 0.2) is 12.2 Å². The van der Waals surface area contributed by atoms with E-state index in [4.69, 9.17) is 23.5 Å². The minimum Gasteiger partial charge on any atom is -0.457 e. The predicted octanol–water partition coefficient (Wildman–Crippen LogP) is 8.69. The molecule has 1 aliphatic rings. The second-order valence-corrected chi connectivity index (χ2v) is 16.3. The second kappa shape index (κ2) is 34.8. The molecule has 1 fully saturated rings. The van der Waals surface area contributed by atoms with Crippen molar-refractivity contribution in [2.75, 3.05) is 26.4 Å². The number of aliphatic hydroxyl groups is 3. The van der Waals surface area contributed by atoms with Crippen molar-refractivity contribution in [3.8, 4) is 0 Å². The molecule has 6 atom stereocenters. The van der Waals surface area contributed by atoms with E-state index in [0.717, 1.165) is 44.9 Å². The predicted molar refractivity (Wildman–Crippen MR) is 216 cm³/mol. The minimum absolute atomic E-state index is 0.0368. The molecular weight excluding hydrogens is 729 g/mol. The first-order valence-corrected chi connectivity index (χ1v) is 23.3. The zero-order chi connectivity index (χ0) is 40.4. The number of allylic oxidation sites excluding steroid dienone is 2. The molecule has 326 valence electrons. The molecule has 6 unspecified atom stereocenters. The van der Waals surface area contributed by atoms with E-state index < -0.39 is 59.8 Å². The largest absolute Gasteiger partial charge is 0.457 e. The van der Waals surface area contributed by atoms with E-state index in [0.29, 0.717) is 13.0 Å². The third kappa shape index (κ3) is 28.8. The van der Waals surface area contributed by atoms with Gasteiger partial charge in [0.05, 0.1) is 19.8 Å². The molecule has 1 rings (SSSR count). The molecule has 0 spiro atoms. The summed E-state index contributed by atoms with van der Waals surface area (Å²) in [5.41, 5.74) is 0. The third-order valence-electron chi connectivity index (χ3n) is 10.1. The van der Waals surface area contributed by atoms with Crippen LogP contribution in [0.25, 0.3) is 0 Å². The molecule has 0 aromatic carbocycles. The summed E-state index contributed by atoms with van der Waals surface area (Å²) in [5.74, 6) is -0.399. The molecule has 0 aromatic rings. The fraction of sp³-hybridized carbons (Fsp3) is 0.929. The van der Waals surface area contributed by atoms with Gasteiger partial charge in [-0.1, -0.05) is 154 Å². The van der Waals surface area contributed by atoms with E-state index in [1.165, 1.54) is 116 Å². The van der Waals surface area contributed by atoms with Gasteiger partial charge < -0.3 is 34.3 Å². The van der Waals surface area contributed by atoms with Gasteiger partial charge in [-0.3, -0.25) is 9.35 Å². The maximum absolute atomic E-state index is 12.8. The van der Waals surface area contributed by atoms with Gasteiger partial charge >= 0.3 is 16.4 Å². The highest BCUT2D eigenvalue weighted by atomic mass is 32.3. The zero-order valence-electron chi connectivity index (χ0n) is 34.5. The number of carbonyl (C=O) groups is 1. The summed E-state index contributed by atoms with van der Waals surface area (Å²) >= 11 is 0. The molecule has 13 heteroatoms. The molecule has 0 bridgehead atoms. The Balaban J connectivity index is 2.45. The van der Waals surface area contributed by atoms with Crippen LogP contribution in [0.5, 0.6) is 0 Å². The Hall–Kier alpha value is -1.16. The molecule has 0 amide bonds. The fourth-order valence-corrected chi connectivity index (χ4v) is 7.29. The minimum atomic E-state index is -5.06. The number of ether oxygens (including phenoxy) is 4. The fourth-order valence-electron chi connectivity index (χ4n) is 6.78. The summed E-state index contributed by atoms with van der Waals surface area (Å²) in [7, 11) is -5.06. The molecule has 0 aromatic heterocycles. The lowest BCUT2D eigenvalue weighted by atomic mass is 9.99. The first kappa shape index (κ1) is 51.9. The molecule has 4 N–H and O–H groups in total. The van der Waals surface area contributed by atoms with Gasteiger partial charge in [-0.05, 0) is 38.5 Å². The van der Waals surface area contributed by atoms with Gasteiger partial charge in [-0.25, -0.2) is 4.18 Å². The summed E-state index contributed by atoms with van der Waals surface area (Å²) in [6.45, 7) is 3.97. The first-order chi connectivity index (χ1) is 26.6. The Bertz CT molecular complexity index is 1030. The van der Waals surface area contributed by atoms with Crippen molar-refractivity contribution in [3.05, 3.63) is 12.2 Å². The smallest absolute Gasteiger partial charge is 0.397 e. The first-order valence-electron chi connectivity index (χ1n) is 21.9. The van der Waals surface area contributed by atoms with E-state index in [9.17, 15) is 28.5 Å². The maximum atomic E-state index is 12.8. The van der Waals surface area contributed by atoms with Crippen molar-refractivity contribution in [1.29, 1.82) is 0 Å². The number of hydrogen-bond donors (Lipinski definition) is 4. The lowest BCUT2D eigenvalue weighted by Crippen LogP contribution is -2.60.